The number of hydrogen-bond donors (Lipinski definition) is 1. The highest BCUT2D eigenvalue weighted by molar-refractivity contribution is 5.98. The van der Waals surface area contributed by atoms with Crippen molar-refractivity contribution in [2.45, 2.75) is 32.4 Å². The molecule has 1 aromatic carbocycles. The van der Waals surface area contributed by atoms with E-state index in [-0.39, 0.29) is 18.1 Å². The summed E-state index contributed by atoms with van der Waals surface area (Å²) in [6.07, 6.45) is 1.09. The molecule has 0 radical (unpaired) electrons. The Hall–Kier alpha value is -1.98. The molecule has 0 saturated carbocycles. The van der Waals surface area contributed by atoms with Gasteiger partial charge in [-0.15, -0.1) is 0 Å². The van der Waals surface area contributed by atoms with Crippen molar-refractivity contribution in [3.05, 3.63) is 41.6 Å². The van der Waals surface area contributed by atoms with Gasteiger partial charge in [0.15, 0.2) is 0 Å². The second kappa shape index (κ2) is 7.06. The van der Waals surface area contributed by atoms with Crippen LogP contribution in [0, 0.1) is 6.92 Å². The monoisotopic (exact) mass is 314 g/mol. The van der Waals surface area contributed by atoms with Crippen LogP contribution >= 0.6 is 0 Å². The predicted molar refractivity (Wildman–Crippen MR) is 88.6 cm³/mol. The summed E-state index contributed by atoms with van der Waals surface area (Å²) in [4.78, 5) is 16.8. The van der Waals surface area contributed by atoms with Crippen LogP contribution in [0.4, 0.5) is 0 Å². The molecule has 1 aromatic heterocycles. The smallest absolute Gasteiger partial charge is 0.251 e. The van der Waals surface area contributed by atoms with Crippen LogP contribution in [-0.4, -0.2) is 42.9 Å². The van der Waals surface area contributed by atoms with Crippen molar-refractivity contribution in [2.75, 3.05) is 19.8 Å². The Morgan fingerprint density at radius 3 is 3.09 bits per heavy atom. The third kappa shape index (κ3) is 4.06. The summed E-state index contributed by atoms with van der Waals surface area (Å²) >= 11 is 0. The molecule has 23 heavy (non-hydrogen) atoms. The van der Waals surface area contributed by atoms with Gasteiger partial charge in [0.05, 0.1) is 24.8 Å². The largest absolute Gasteiger partial charge is 0.379 e. The lowest BCUT2D eigenvalue weighted by molar-refractivity contribution is 0.0318. The topological polar surface area (TPSA) is 60.5 Å². The fraction of sp³-hybridized carbons (Fsp3) is 0.444. The first-order valence-electron chi connectivity index (χ1n) is 7.99. The van der Waals surface area contributed by atoms with Gasteiger partial charge in [0, 0.05) is 29.3 Å². The summed E-state index contributed by atoms with van der Waals surface area (Å²) in [5, 5.41) is 3.94. The fourth-order valence-corrected chi connectivity index (χ4v) is 2.64. The van der Waals surface area contributed by atoms with E-state index in [1.54, 1.807) is 0 Å². The van der Waals surface area contributed by atoms with Gasteiger partial charge in [-0.2, -0.15) is 0 Å². The highest BCUT2D eigenvalue weighted by Crippen LogP contribution is 2.15. The first kappa shape index (κ1) is 15.9. The van der Waals surface area contributed by atoms with E-state index >= 15 is 0 Å². The second-order valence-electron chi connectivity index (χ2n) is 6.05. The van der Waals surface area contributed by atoms with E-state index in [9.17, 15) is 4.79 Å². The van der Waals surface area contributed by atoms with Crippen molar-refractivity contribution in [1.29, 1.82) is 0 Å². The van der Waals surface area contributed by atoms with Gasteiger partial charge in [-0.1, -0.05) is 6.07 Å². The molecule has 0 aliphatic carbocycles. The molecule has 1 aliphatic rings. The van der Waals surface area contributed by atoms with E-state index in [1.807, 2.05) is 44.2 Å². The third-order valence-corrected chi connectivity index (χ3v) is 3.94. The lowest BCUT2D eigenvalue weighted by Gasteiger charge is -2.17. The summed E-state index contributed by atoms with van der Waals surface area (Å²) in [5.74, 6) is -0.0914. The van der Waals surface area contributed by atoms with Crippen molar-refractivity contribution >= 4 is 16.8 Å². The zero-order valence-corrected chi connectivity index (χ0v) is 13.5. The third-order valence-electron chi connectivity index (χ3n) is 3.94. The van der Waals surface area contributed by atoms with E-state index in [4.69, 9.17) is 9.47 Å². The summed E-state index contributed by atoms with van der Waals surface area (Å²) < 4.78 is 11.0. The number of hydrogen-bond acceptors (Lipinski definition) is 4. The Morgan fingerprint density at radius 2 is 2.30 bits per heavy atom. The number of amides is 1. The SMILES string of the molecule is Cc1ccc2cc(C(=O)N[C@H](C)CO[C@@H]3CCOC3)ccc2n1. The molecule has 0 spiro atoms. The first-order chi connectivity index (χ1) is 11.1. The molecule has 1 amide bonds. The quantitative estimate of drug-likeness (QED) is 0.921. The fourth-order valence-electron chi connectivity index (χ4n) is 2.64. The van der Waals surface area contributed by atoms with E-state index in [0.717, 1.165) is 29.6 Å². The molecule has 1 N–H and O–H groups in total. The van der Waals surface area contributed by atoms with Crippen molar-refractivity contribution in [3.63, 3.8) is 0 Å². The summed E-state index contributed by atoms with van der Waals surface area (Å²) in [6.45, 7) is 5.80. The molecule has 1 fully saturated rings. The second-order valence-corrected chi connectivity index (χ2v) is 6.05. The molecular formula is C18H22N2O3. The zero-order valence-electron chi connectivity index (χ0n) is 13.5. The average molecular weight is 314 g/mol. The molecule has 0 bridgehead atoms. The number of benzene rings is 1. The van der Waals surface area contributed by atoms with Crippen molar-refractivity contribution in [2.24, 2.45) is 0 Å². The predicted octanol–water partition coefficient (Wildman–Crippen LogP) is 2.47. The standard InChI is InChI=1S/C18H22N2O3/c1-12-3-4-14-9-15(5-6-17(14)19-12)18(21)20-13(2)10-23-16-7-8-22-11-16/h3-6,9,13,16H,7-8,10-11H2,1-2H3,(H,20,21)/t13-,16-/m1/s1. The lowest BCUT2D eigenvalue weighted by atomic mass is 10.1. The highest BCUT2D eigenvalue weighted by Gasteiger charge is 2.18. The van der Waals surface area contributed by atoms with Crippen molar-refractivity contribution in [1.82, 2.24) is 10.3 Å². The van der Waals surface area contributed by atoms with Crippen LogP contribution in [0.2, 0.25) is 0 Å². The van der Waals surface area contributed by atoms with Crippen molar-refractivity contribution < 1.29 is 14.3 Å². The van der Waals surface area contributed by atoms with Gasteiger partial charge in [-0.25, -0.2) is 0 Å². The molecule has 5 heteroatoms. The number of nitrogens with one attached hydrogen (secondary N) is 1. The number of aromatic nitrogens is 1. The van der Waals surface area contributed by atoms with Crippen molar-refractivity contribution in [3.8, 4) is 0 Å². The Kier molecular flexibility index (Phi) is 4.88. The van der Waals surface area contributed by atoms with Gasteiger partial charge >= 0.3 is 0 Å². The zero-order chi connectivity index (χ0) is 16.2. The minimum absolute atomic E-state index is 0.0464. The molecule has 1 aliphatic heterocycles. The van der Waals surface area contributed by atoms with Crippen LogP contribution in [0.15, 0.2) is 30.3 Å². The Bertz CT molecular complexity index is 696. The normalized spacial score (nSPS) is 19.0. The van der Waals surface area contributed by atoms with Crippen LogP contribution in [-0.2, 0) is 9.47 Å². The van der Waals surface area contributed by atoms with Gasteiger partial charge in [0.1, 0.15) is 0 Å². The molecule has 5 nitrogen and oxygen atoms in total. The number of carbonyl (C=O) groups is 1. The van der Waals surface area contributed by atoms with Crippen LogP contribution < -0.4 is 5.32 Å². The average Bonchev–Trinajstić information content (AvgIpc) is 3.05. The summed E-state index contributed by atoms with van der Waals surface area (Å²) in [5.41, 5.74) is 2.51. The molecule has 1 saturated heterocycles. The number of carbonyl (C=O) groups excluding carboxylic acids is 1. The number of rotatable bonds is 5. The molecule has 122 valence electrons. The maximum Gasteiger partial charge on any atom is 0.251 e. The molecule has 2 aromatic rings. The number of ether oxygens (including phenoxy) is 2. The van der Waals surface area contributed by atoms with Crippen LogP contribution in [0.1, 0.15) is 29.4 Å². The lowest BCUT2D eigenvalue weighted by Crippen LogP contribution is -2.37. The maximum absolute atomic E-state index is 12.4. The number of nitrogens with zero attached hydrogens (tertiary/aromatic N) is 1. The Morgan fingerprint density at radius 1 is 1.43 bits per heavy atom. The van der Waals surface area contributed by atoms with Gasteiger partial charge < -0.3 is 14.8 Å². The number of fused-ring (bicyclic) bond motifs is 1. The van der Waals surface area contributed by atoms with Gasteiger partial charge in [-0.3, -0.25) is 9.78 Å². The van der Waals surface area contributed by atoms with E-state index in [2.05, 4.69) is 10.3 Å². The van der Waals surface area contributed by atoms with Gasteiger partial charge in [0.25, 0.3) is 5.91 Å². The van der Waals surface area contributed by atoms with Gasteiger partial charge in [0.2, 0.25) is 0 Å². The summed E-state index contributed by atoms with van der Waals surface area (Å²) in [7, 11) is 0. The minimum Gasteiger partial charge on any atom is -0.379 e. The van der Waals surface area contributed by atoms with Crippen LogP contribution in [0.25, 0.3) is 10.9 Å². The molecule has 2 heterocycles. The first-order valence-corrected chi connectivity index (χ1v) is 7.99. The van der Waals surface area contributed by atoms with Crippen LogP contribution in [0.5, 0.6) is 0 Å². The Labute approximate surface area is 136 Å². The molecule has 2 atom stereocenters. The minimum atomic E-state index is -0.0914. The molecule has 3 rings (SSSR count). The Balaban J connectivity index is 1.59. The molecule has 0 unspecified atom stereocenters. The van der Waals surface area contributed by atoms with Crippen LogP contribution in [0.3, 0.4) is 0 Å². The van der Waals surface area contributed by atoms with E-state index < -0.39 is 0 Å². The van der Waals surface area contributed by atoms with E-state index in [1.165, 1.54) is 0 Å². The van der Waals surface area contributed by atoms with Gasteiger partial charge in [-0.05, 0) is 44.5 Å². The number of aryl methyl sites for hydroxylation is 1. The highest BCUT2D eigenvalue weighted by atomic mass is 16.5. The van der Waals surface area contributed by atoms with E-state index in [0.29, 0.717) is 18.8 Å². The molecular weight excluding hydrogens is 292 g/mol. The summed E-state index contributed by atoms with van der Waals surface area (Å²) in [6, 6.07) is 9.45. The maximum atomic E-state index is 12.4. The number of pyridine rings is 1.